The summed E-state index contributed by atoms with van der Waals surface area (Å²) in [5, 5.41) is 2.93. The highest BCUT2D eigenvalue weighted by atomic mass is 32.1. The van der Waals surface area contributed by atoms with Gasteiger partial charge in [-0.2, -0.15) is 0 Å². The number of likely N-dealkylation sites (tertiary alicyclic amines) is 1. The van der Waals surface area contributed by atoms with Crippen molar-refractivity contribution in [1.82, 2.24) is 14.9 Å². The molecule has 1 atom stereocenters. The zero-order valence-corrected chi connectivity index (χ0v) is 15.4. The van der Waals surface area contributed by atoms with E-state index in [4.69, 9.17) is 4.74 Å². The highest BCUT2D eigenvalue weighted by Gasteiger charge is 2.33. The molecular weight excluding hydrogens is 322 g/mol. The molecule has 128 valence electrons. The maximum Gasteiger partial charge on any atom is 0.410 e. The van der Waals surface area contributed by atoms with Crippen molar-refractivity contribution in [1.29, 1.82) is 0 Å². The van der Waals surface area contributed by atoms with Gasteiger partial charge in [0.1, 0.15) is 10.6 Å². The molecule has 0 N–H and O–H groups in total. The number of amides is 1. The van der Waals surface area contributed by atoms with Gasteiger partial charge in [-0.3, -0.25) is 4.98 Å². The van der Waals surface area contributed by atoms with Gasteiger partial charge in [0.05, 0.1) is 11.7 Å². The minimum Gasteiger partial charge on any atom is -0.444 e. The van der Waals surface area contributed by atoms with Gasteiger partial charge in [0, 0.05) is 23.8 Å². The van der Waals surface area contributed by atoms with Crippen LogP contribution in [-0.4, -0.2) is 33.1 Å². The summed E-state index contributed by atoms with van der Waals surface area (Å²) < 4.78 is 5.55. The molecule has 3 rings (SSSR count). The molecule has 0 bridgehead atoms. The number of hydrogen-bond donors (Lipinski definition) is 0. The number of rotatable bonds is 2. The van der Waals surface area contributed by atoms with Crippen molar-refractivity contribution in [2.45, 2.75) is 52.2 Å². The molecule has 2 aromatic heterocycles. The molecule has 2 aromatic rings. The van der Waals surface area contributed by atoms with Gasteiger partial charge in [-0.1, -0.05) is 0 Å². The van der Waals surface area contributed by atoms with E-state index in [1.165, 1.54) is 0 Å². The standard InChI is InChI=1S/C18H23N3O2S/c1-12-11-24-16(20-12)14-10-13(7-8-19-14)15-6-5-9-21(15)17(22)23-18(2,3)4/h7-8,10-11,15H,5-6,9H2,1-4H3/t15-/m0/s1. The molecule has 1 fully saturated rings. The zero-order valence-electron chi connectivity index (χ0n) is 14.6. The number of ether oxygens (including phenoxy) is 1. The fraction of sp³-hybridized carbons (Fsp3) is 0.500. The number of carbonyl (C=O) groups is 1. The van der Waals surface area contributed by atoms with Crippen molar-refractivity contribution < 1.29 is 9.53 Å². The molecular formula is C18H23N3O2S. The predicted octanol–water partition coefficient (Wildman–Crippen LogP) is 4.59. The van der Waals surface area contributed by atoms with Gasteiger partial charge >= 0.3 is 6.09 Å². The fourth-order valence-corrected chi connectivity index (χ4v) is 3.66. The minimum atomic E-state index is -0.480. The van der Waals surface area contributed by atoms with Crippen LogP contribution in [0.4, 0.5) is 4.79 Å². The van der Waals surface area contributed by atoms with E-state index in [-0.39, 0.29) is 12.1 Å². The van der Waals surface area contributed by atoms with Crippen LogP contribution >= 0.6 is 11.3 Å². The molecule has 6 heteroatoms. The van der Waals surface area contributed by atoms with E-state index in [2.05, 4.69) is 9.97 Å². The first-order valence-electron chi connectivity index (χ1n) is 8.21. The molecule has 24 heavy (non-hydrogen) atoms. The van der Waals surface area contributed by atoms with E-state index < -0.39 is 5.60 Å². The summed E-state index contributed by atoms with van der Waals surface area (Å²) in [5.41, 5.74) is 2.47. The van der Waals surface area contributed by atoms with E-state index in [0.717, 1.165) is 41.3 Å². The van der Waals surface area contributed by atoms with Crippen LogP contribution in [0.3, 0.4) is 0 Å². The Morgan fingerprint density at radius 3 is 2.88 bits per heavy atom. The molecule has 1 saturated heterocycles. The Kier molecular flexibility index (Phi) is 4.58. The fourth-order valence-electron chi connectivity index (χ4n) is 2.90. The predicted molar refractivity (Wildman–Crippen MR) is 95.0 cm³/mol. The molecule has 3 heterocycles. The molecule has 0 aliphatic carbocycles. The summed E-state index contributed by atoms with van der Waals surface area (Å²) in [6, 6.07) is 4.07. The number of aromatic nitrogens is 2. The summed E-state index contributed by atoms with van der Waals surface area (Å²) in [7, 11) is 0. The van der Waals surface area contributed by atoms with Crippen molar-refractivity contribution in [3.8, 4) is 10.7 Å². The lowest BCUT2D eigenvalue weighted by Crippen LogP contribution is -2.36. The second-order valence-electron chi connectivity index (χ2n) is 7.10. The lowest BCUT2D eigenvalue weighted by molar-refractivity contribution is 0.0224. The maximum absolute atomic E-state index is 12.5. The molecule has 0 saturated carbocycles. The Morgan fingerprint density at radius 1 is 1.42 bits per heavy atom. The number of pyridine rings is 1. The van der Waals surface area contributed by atoms with Crippen LogP contribution < -0.4 is 0 Å². The highest BCUT2D eigenvalue weighted by molar-refractivity contribution is 7.13. The smallest absolute Gasteiger partial charge is 0.410 e. The number of carbonyl (C=O) groups excluding carboxylic acids is 1. The monoisotopic (exact) mass is 345 g/mol. The van der Waals surface area contributed by atoms with Crippen LogP contribution in [0.1, 0.15) is 50.9 Å². The number of nitrogens with zero attached hydrogens (tertiary/aromatic N) is 3. The first kappa shape index (κ1) is 16.9. The Labute approximate surface area is 146 Å². The van der Waals surface area contributed by atoms with Crippen LogP contribution in [0.25, 0.3) is 10.7 Å². The quantitative estimate of drug-likeness (QED) is 0.799. The lowest BCUT2D eigenvalue weighted by Gasteiger charge is -2.28. The van der Waals surface area contributed by atoms with Crippen LogP contribution in [-0.2, 0) is 4.74 Å². The van der Waals surface area contributed by atoms with Crippen molar-refractivity contribution in [3.05, 3.63) is 35.0 Å². The van der Waals surface area contributed by atoms with Gasteiger partial charge in [-0.05, 0) is 58.2 Å². The Balaban J connectivity index is 1.84. The minimum absolute atomic E-state index is 0.0441. The largest absolute Gasteiger partial charge is 0.444 e. The van der Waals surface area contributed by atoms with Crippen molar-refractivity contribution in [3.63, 3.8) is 0 Å². The van der Waals surface area contributed by atoms with Crippen molar-refractivity contribution in [2.24, 2.45) is 0 Å². The topological polar surface area (TPSA) is 55.3 Å². The Bertz CT molecular complexity index is 736. The summed E-state index contributed by atoms with van der Waals surface area (Å²) in [6.07, 6.45) is 3.48. The van der Waals surface area contributed by atoms with Crippen LogP contribution in [0.2, 0.25) is 0 Å². The number of hydrogen-bond acceptors (Lipinski definition) is 5. The second kappa shape index (κ2) is 6.51. The summed E-state index contributed by atoms with van der Waals surface area (Å²) in [4.78, 5) is 23.3. The molecule has 5 nitrogen and oxygen atoms in total. The molecule has 0 unspecified atom stereocenters. The van der Waals surface area contributed by atoms with Crippen molar-refractivity contribution in [2.75, 3.05) is 6.54 Å². The average molecular weight is 345 g/mol. The van der Waals surface area contributed by atoms with Crippen LogP contribution in [0.15, 0.2) is 23.7 Å². The SMILES string of the molecule is Cc1csc(-c2cc([C@@H]3CCCN3C(=O)OC(C)(C)C)ccn2)n1. The molecule has 0 radical (unpaired) electrons. The Hall–Kier alpha value is -1.95. The normalized spacial score (nSPS) is 18.0. The van der Waals surface area contributed by atoms with Gasteiger partial charge in [-0.25, -0.2) is 9.78 Å². The lowest BCUT2D eigenvalue weighted by atomic mass is 10.1. The maximum atomic E-state index is 12.5. The van der Waals surface area contributed by atoms with Gasteiger partial charge in [0.25, 0.3) is 0 Å². The molecule has 1 aliphatic rings. The first-order valence-corrected chi connectivity index (χ1v) is 9.09. The first-order chi connectivity index (χ1) is 11.3. The molecule has 1 amide bonds. The third-order valence-electron chi connectivity index (χ3n) is 3.89. The number of aryl methyl sites for hydroxylation is 1. The van der Waals surface area contributed by atoms with E-state index in [9.17, 15) is 4.79 Å². The zero-order chi connectivity index (χ0) is 17.3. The summed E-state index contributed by atoms with van der Waals surface area (Å²) in [6.45, 7) is 8.39. The molecule has 0 aromatic carbocycles. The van der Waals surface area contributed by atoms with Gasteiger partial charge in [0.2, 0.25) is 0 Å². The molecule has 0 spiro atoms. The average Bonchev–Trinajstić information content (AvgIpc) is 3.14. The third-order valence-corrected chi connectivity index (χ3v) is 4.87. The summed E-state index contributed by atoms with van der Waals surface area (Å²) in [5.74, 6) is 0. The number of thiazole rings is 1. The summed E-state index contributed by atoms with van der Waals surface area (Å²) >= 11 is 1.59. The van der Waals surface area contributed by atoms with Gasteiger partial charge in [0.15, 0.2) is 0 Å². The van der Waals surface area contributed by atoms with Gasteiger partial charge < -0.3 is 9.64 Å². The van der Waals surface area contributed by atoms with Gasteiger partial charge in [-0.15, -0.1) is 11.3 Å². The van der Waals surface area contributed by atoms with E-state index >= 15 is 0 Å². The van der Waals surface area contributed by atoms with Crippen LogP contribution in [0.5, 0.6) is 0 Å². The molecule has 1 aliphatic heterocycles. The highest BCUT2D eigenvalue weighted by Crippen LogP contribution is 2.34. The van der Waals surface area contributed by atoms with Crippen LogP contribution in [0, 0.1) is 6.92 Å². The van der Waals surface area contributed by atoms with E-state index in [1.807, 2.05) is 50.1 Å². The van der Waals surface area contributed by atoms with E-state index in [0.29, 0.717) is 0 Å². The third kappa shape index (κ3) is 3.75. The van der Waals surface area contributed by atoms with Crippen molar-refractivity contribution >= 4 is 17.4 Å². The Morgan fingerprint density at radius 2 is 2.21 bits per heavy atom. The van der Waals surface area contributed by atoms with E-state index in [1.54, 1.807) is 17.5 Å². The second-order valence-corrected chi connectivity index (χ2v) is 7.96.